The second-order valence-electron chi connectivity index (χ2n) is 7.46. The molecule has 2 aromatic carbocycles. The van der Waals surface area contributed by atoms with Crippen molar-refractivity contribution in [3.8, 4) is 22.8 Å². The largest absolute Gasteiger partial charge is 0.494 e. The zero-order valence-corrected chi connectivity index (χ0v) is 20.1. The fourth-order valence-corrected chi connectivity index (χ4v) is 4.11. The Labute approximate surface area is 201 Å². The minimum absolute atomic E-state index is 0.0197. The van der Waals surface area contributed by atoms with Gasteiger partial charge in [-0.25, -0.2) is 4.79 Å². The summed E-state index contributed by atoms with van der Waals surface area (Å²) in [5.74, 6) is -0.470. The number of aromatic nitrogens is 3. The van der Waals surface area contributed by atoms with E-state index in [1.165, 1.54) is 0 Å². The normalized spacial score (nSPS) is 11.9. The molecule has 0 saturated heterocycles. The molecule has 10 heteroatoms. The lowest BCUT2D eigenvalue weighted by Gasteiger charge is -2.17. The molecule has 0 radical (unpaired) electrons. The van der Waals surface area contributed by atoms with Crippen molar-refractivity contribution in [2.24, 2.45) is 5.92 Å². The Bertz CT molecular complexity index is 1120. The number of hydrogen-bond donors (Lipinski definition) is 2. The number of hydrogen-bond acceptors (Lipinski definition) is 6. The summed E-state index contributed by atoms with van der Waals surface area (Å²) in [5.41, 5.74) is 1.47. The average Bonchev–Trinajstić information content (AvgIpc) is 3.20. The summed E-state index contributed by atoms with van der Waals surface area (Å²) in [5, 5.41) is 21.5. The Morgan fingerprint density at radius 3 is 2.45 bits per heavy atom. The second kappa shape index (κ2) is 11.2. The first kappa shape index (κ1) is 24.6. The van der Waals surface area contributed by atoms with Gasteiger partial charge < -0.3 is 15.2 Å². The molecule has 3 rings (SSSR count). The van der Waals surface area contributed by atoms with Crippen LogP contribution in [0, 0.1) is 5.92 Å². The number of aliphatic carboxylic acids is 1. The van der Waals surface area contributed by atoms with Crippen molar-refractivity contribution in [1.29, 1.82) is 0 Å². The molecule has 1 atom stereocenters. The number of carbonyl (C=O) groups excluding carboxylic acids is 1. The van der Waals surface area contributed by atoms with Crippen molar-refractivity contribution < 1.29 is 19.4 Å². The third-order valence-electron chi connectivity index (χ3n) is 4.74. The van der Waals surface area contributed by atoms with Gasteiger partial charge in [0.1, 0.15) is 11.8 Å². The van der Waals surface area contributed by atoms with E-state index in [1.54, 1.807) is 19.9 Å². The molecular formula is C23H25ClN4O4S. The number of thioether (sulfide) groups is 1. The lowest BCUT2D eigenvalue weighted by atomic mass is 10.1. The lowest BCUT2D eigenvalue weighted by Crippen LogP contribution is -2.45. The van der Waals surface area contributed by atoms with E-state index in [2.05, 4.69) is 15.5 Å². The SMILES string of the molecule is CCOc1ccc(-n2c(SCC(=O)N[C@@H](C(=O)O)C(C)C)nnc2-c2ccccc2Cl)cc1. The highest BCUT2D eigenvalue weighted by molar-refractivity contribution is 7.99. The van der Waals surface area contributed by atoms with Crippen LogP contribution in [0.3, 0.4) is 0 Å². The molecule has 0 unspecified atom stereocenters. The van der Waals surface area contributed by atoms with Crippen LogP contribution < -0.4 is 10.1 Å². The van der Waals surface area contributed by atoms with E-state index in [0.29, 0.717) is 28.2 Å². The number of halogens is 1. The summed E-state index contributed by atoms with van der Waals surface area (Å²) in [6.07, 6.45) is 0. The molecule has 8 nitrogen and oxygen atoms in total. The number of carboxylic acid groups (broad SMARTS) is 1. The van der Waals surface area contributed by atoms with Gasteiger partial charge in [-0.3, -0.25) is 9.36 Å². The summed E-state index contributed by atoms with van der Waals surface area (Å²) in [6.45, 7) is 5.95. The summed E-state index contributed by atoms with van der Waals surface area (Å²) in [6, 6.07) is 13.8. The quantitative estimate of drug-likeness (QED) is 0.409. The lowest BCUT2D eigenvalue weighted by molar-refractivity contribution is -0.142. The van der Waals surface area contributed by atoms with Crippen molar-refractivity contribution >= 4 is 35.2 Å². The Morgan fingerprint density at radius 1 is 1.15 bits per heavy atom. The first-order valence-corrected chi connectivity index (χ1v) is 11.8. The summed E-state index contributed by atoms with van der Waals surface area (Å²) < 4.78 is 7.34. The molecule has 0 aliphatic heterocycles. The molecule has 33 heavy (non-hydrogen) atoms. The van der Waals surface area contributed by atoms with Crippen molar-refractivity contribution in [3.63, 3.8) is 0 Å². The van der Waals surface area contributed by atoms with Crippen LogP contribution in [0.25, 0.3) is 17.1 Å². The van der Waals surface area contributed by atoms with E-state index in [0.717, 1.165) is 23.2 Å². The van der Waals surface area contributed by atoms with E-state index >= 15 is 0 Å². The molecule has 174 valence electrons. The number of nitrogens with zero attached hydrogens (tertiary/aromatic N) is 3. The molecule has 0 bridgehead atoms. The van der Waals surface area contributed by atoms with E-state index in [4.69, 9.17) is 16.3 Å². The zero-order chi connectivity index (χ0) is 24.0. The smallest absolute Gasteiger partial charge is 0.326 e. The minimum Gasteiger partial charge on any atom is -0.494 e. The molecule has 1 amide bonds. The van der Waals surface area contributed by atoms with Gasteiger partial charge >= 0.3 is 5.97 Å². The number of carbonyl (C=O) groups is 2. The van der Waals surface area contributed by atoms with Crippen LogP contribution in [0.15, 0.2) is 53.7 Å². The molecule has 0 fully saturated rings. The molecule has 1 aromatic heterocycles. The maximum Gasteiger partial charge on any atom is 0.326 e. The Hall–Kier alpha value is -3.04. The second-order valence-corrected chi connectivity index (χ2v) is 8.81. The molecule has 0 aliphatic carbocycles. The van der Waals surface area contributed by atoms with Crippen molar-refractivity contribution in [2.75, 3.05) is 12.4 Å². The van der Waals surface area contributed by atoms with Crippen LogP contribution in [0.5, 0.6) is 5.75 Å². The van der Waals surface area contributed by atoms with Crippen molar-refractivity contribution in [1.82, 2.24) is 20.1 Å². The number of nitrogens with one attached hydrogen (secondary N) is 1. The first-order chi connectivity index (χ1) is 15.8. The van der Waals surface area contributed by atoms with Gasteiger partial charge in [0.15, 0.2) is 11.0 Å². The molecule has 0 spiro atoms. The van der Waals surface area contributed by atoms with Crippen molar-refractivity contribution in [3.05, 3.63) is 53.6 Å². The predicted molar refractivity (Wildman–Crippen MR) is 128 cm³/mol. The monoisotopic (exact) mass is 488 g/mol. The third kappa shape index (κ3) is 6.06. The number of rotatable bonds is 10. The minimum atomic E-state index is -1.07. The fraction of sp³-hybridized carbons (Fsp3) is 0.304. The van der Waals surface area contributed by atoms with Gasteiger partial charge in [0.25, 0.3) is 0 Å². The van der Waals surface area contributed by atoms with Crippen LogP contribution in [-0.2, 0) is 9.59 Å². The zero-order valence-electron chi connectivity index (χ0n) is 18.5. The summed E-state index contributed by atoms with van der Waals surface area (Å²) >= 11 is 7.57. The Kier molecular flexibility index (Phi) is 8.35. The summed E-state index contributed by atoms with van der Waals surface area (Å²) in [4.78, 5) is 23.8. The molecule has 0 aliphatic rings. The average molecular weight is 489 g/mol. The van der Waals surface area contributed by atoms with Crippen LogP contribution in [0.1, 0.15) is 20.8 Å². The van der Waals surface area contributed by atoms with Crippen molar-refractivity contribution in [2.45, 2.75) is 32.0 Å². The van der Waals surface area contributed by atoms with E-state index in [-0.39, 0.29) is 11.7 Å². The maximum atomic E-state index is 12.4. The van der Waals surface area contributed by atoms with Gasteiger partial charge in [-0.15, -0.1) is 10.2 Å². The van der Waals surface area contributed by atoms with E-state index in [1.807, 2.05) is 54.0 Å². The van der Waals surface area contributed by atoms with Crippen LogP contribution in [0.4, 0.5) is 0 Å². The highest BCUT2D eigenvalue weighted by atomic mass is 35.5. The Balaban J connectivity index is 1.91. The topological polar surface area (TPSA) is 106 Å². The highest BCUT2D eigenvalue weighted by Gasteiger charge is 2.24. The molecule has 2 N–H and O–H groups in total. The fourth-order valence-electron chi connectivity index (χ4n) is 3.13. The van der Waals surface area contributed by atoms with E-state index < -0.39 is 17.9 Å². The van der Waals surface area contributed by atoms with Gasteiger partial charge in [0.05, 0.1) is 17.4 Å². The van der Waals surface area contributed by atoms with E-state index in [9.17, 15) is 14.7 Å². The first-order valence-electron chi connectivity index (χ1n) is 10.4. The van der Waals surface area contributed by atoms with Crippen LogP contribution >= 0.6 is 23.4 Å². The molecule has 1 heterocycles. The standard InChI is InChI=1S/C23H25ClN4O4S/c1-4-32-16-11-9-15(10-12-16)28-21(17-7-5-6-8-18(17)24)26-27-23(28)33-13-19(29)25-20(14(2)3)22(30)31/h5-12,14,20H,4,13H2,1-3H3,(H,25,29)(H,30,31)/t20-/m1/s1. The molecular weight excluding hydrogens is 464 g/mol. The molecule has 3 aromatic rings. The predicted octanol–water partition coefficient (Wildman–Crippen LogP) is 4.30. The van der Waals surface area contributed by atoms with Gasteiger partial charge in [0, 0.05) is 11.3 Å². The number of ether oxygens (including phenoxy) is 1. The van der Waals surface area contributed by atoms with Gasteiger partial charge in [-0.2, -0.15) is 0 Å². The number of carboxylic acids is 1. The third-order valence-corrected chi connectivity index (χ3v) is 5.99. The highest BCUT2D eigenvalue weighted by Crippen LogP contribution is 2.32. The number of amides is 1. The number of benzene rings is 2. The summed E-state index contributed by atoms with van der Waals surface area (Å²) in [7, 11) is 0. The van der Waals surface area contributed by atoms with Crippen LogP contribution in [-0.4, -0.2) is 50.1 Å². The van der Waals surface area contributed by atoms with Gasteiger partial charge in [-0.1, -0.05) is 49.3 Å². The van der Waals surface area contributed by atoms with Gasteiger partial charge in [0.2, 0.25) is 5.91 Å². The maximum absolute atomic E-state index is 12.4. The van der Waals surface area contributed by atoms with Crippen LogP contribution in [0.2, 0.25) is 5.02 Å². The molecule has 0 saturated carbocycles. The Morgan fingerprint density at radius 2 is 1.85 bits per heavy atom. The van der Waals surface area contributed by atoms with Gasteiger partial charge in [-0.05, 0) is 49.2 Å².